The largest absolute Gasteiger partial charge is 0.329 e. The number of hydrogen-bond donors (Lipinski definition) is 0. The Morgan fingerprint density at radius 1 is 1.17 bits per heavy atom. The maximum Gasteiger partial charge on any atom is 0.135 e. The zero-order chi connectivity index (χ0) is 13.1. The first-order valence-corrected chi connectivity index (χ1v) is 7.06. The van der Waals surface area contributed by atoms with E-state index < -0.39 is 0 Å². The van der Waals surface area contributed by atoms with E-state index in [9.17, 15) is 0 Å². The van der Waals surface area contributed by atoms with Gasteiger partial charge in [0.15, 0.2) is 0 Å². The molecule has 0 bridgehead atoms. The lowest BCUT2D eigenvalue weighted by Crippen LogP contribution is -2.14. The summed E-state index contributed by atoms with van der Waals surface area (Å²) in [6.07, 6.45) is 1.92. The summed E-state index contributed by atoms with van der Waals surface area (Å²) in [4.78, 5) is 6.70. The van der Waals surface area contributed by atoms with Crippen LogP contribution in [-0.4, -0.2) is 12.0 Å². The van der Waals surface area contributed by atoms with E-state index in [1.165, 1.54) is 22.4 Å². The Bertz CT molecular complexity index is 552. The quantitative estimate of drug-likeness (QED) is 0.783. The first-order chi connectivity index (χ1) is 8.63. The minimum atomic E-state index is 0.842. The van der Waals surface area contributed by atoms with Gasteiger partial charge in [0.1, 0.15) is 5.82 Å². The number of benzene rings is 1. The van der Waals surface area contributed by atoms with Gasteiger partial charge >= 0.3 is 0 Å². The van der Waals surface area contributed by atoms with Gasteiger partial charge in [-0.05, 0) is 36.6 Å². The second-order valence-electron chi connectivity index (χ2n) is 4.46. The summed E-state index contributed by atoms with van der Waals surface area (Å²) < 4.78 is 0. The monoisotopic (exact) mass is 304 g/mol. The van der Waals surface area contributed by atoms with Crippen LogP contribution in [0, 0.1) is 13.8 Å². The molecule has 1 aromatic carbocycles. The normalized spacial score (nSPS) is 10.4. The molecule has 2 nitrogen and oxygen atoms in total. The fourth-order valence-corrected chi connectivity index (χ4v) is 2.41. The van der Waals surface area contributed by atoms with Gasteiger partial charge in [-0.25, -0.2) is 4.98 Å². The van der Waals surface area contributed by atoms with Gasteiger partial charge in [0, 0.05) is 24.3 Å². The van der Waals surface area contributed by atoms with Crippen molar-refractivity contribution in [1.29, 1.82) is 0 Å². The zero-order valence-corrected chi connectivity index (χ0v) is 12.5. The molecule has 3 heteroatoms. The highest BCUT2D eigenvalue weighted by molar-refractivity contribution is 9.08. The summed E-state index contributed by atoms with van der Waals surface area (Å²) in [7, 11) is 2.06. The molecule has 0 N–H and O–H groups in total. The van der Waals surface area contributed by atoms with E-state index in [0.29, 0.717) is 0 Å². The number of alkyl halides is 1. The summed E-state index contributed by atoms with van der Waals surface area (Å²) in [5, 5.41) is 0.842. The highest BCUT2D eigenvalue weighted by atomic mass is 79.9. The number of nitrogens with zero attached hydrogens (tertiary/aromatic N) is 2. The summed E-state index contributed by atoms with van der Waals surface area (Å²) in [5.74, 6) is 1.01. The van der Waals surface area contributed by atoms with Crippen molar-refractivity contribution in [2.24, 2.45) is 0 Å². The summed E-state index contributed by atoms with van der Waals surface area (Å²) in [5.41, 5.74) is 4.84. The maximum absolute atomic E-state index is 4.56. The number of aromatic nitrogens is 1. The number of halogens is 1. The molecule has 1 aromatic heterocycles. The van der Waals surface area contributed by atoms with Gasteiger partial charge in [-0.3, -0.25) is 0 Å². The Kier molecular flexibility index (Phi) is 4.02. The zero-order valence-electron chi connectivity index (χ0n) is 10.9. The highest BCUT2D eigenvalue weighted by Crippen LogP contribution is 2.27. The fourth-order valence-electron chi connectivity index (χ4n) is 2.10. The number of anilines is 2. The molecular formula is C15H17BrN2. The molecule has 0 radical (unpaired) electrons. The number of hydrogen-bond acceptors (Lipinski definition) is 2. The second-order valence-corrected chi connectivity index (χ2v) is 5.02. The molecule has 0 aliphatic carbocycles. The van der Waals surface area contributed by atoms with Crippen LogP contribution in [0.4, 0.5) is 11.5 Å². The molecule has 0 amide bonds. The lowest BCUT2D eigenvalue weighted by molar-refractivity contribution is 1.08. The Balaban J connectivity index is 2.40. The van der Waals surface area contributed by atoms with E-state index in [0.717, 1.165) is 11.1 Å². The van der Waals surface area contributed by atoms with E-state index >= 15 is 0 Å². The van der Waals surface area contributed by atoms with Crippen molar-refractivity contribution in [2.45, 2.75) is 19.2 Å². The molecule has 0 spiro atoms. The molecule has 0 saturated carbocycles. The predicted octanol–water partition coefficient (Wildman–Crippen LogP) is 4.36. The first-order valence-electron chi connectivity index (χ1n) is 5.94. The van der Waals surface area contributed by atoms with Crippen molar-refractivity contribution in [3.8, 4) is 0 Å². The third kappa shape index (κ3) is 2.56. The van der Waals surface area contributed by atoms with Gasteiger partial charge in [-0.1, -0.05) is 40.2 Å². The van der Waals surface area contributed by atoms with E-state index in [1.54, 1.807) is 0 Å². The van der Waals surface area contributed by atoms with E-state index in [4.69, 9.17) is 0 Å². The lowest BCUT2D eigenvalue weighted by atomic mass is 10.1. The van der Waals surface area contributed by atoms with Crippen LogP contribution in [0.5, 0.6) is 0 Å². The van der Waals surface area contributed by atoms with Crippen LogP contribution >= 0.6 is 15.9 Å². The first kappa shape index (κ1) is 13.1. The van der Waals surface area contributed by atoms with Crippen molar-refractivity contribution in [3.05, 3.63) is 53.2 Å². The van der Waals surface area contributed by atoms with Crippen LogP contribution in [0.15, 0.2) is 36.5 Å². The van der Waals surface area contributed by atoms with Crippen LogP contribution in [0.25, 0.3) is 0 Å². The standard InChI is InChI=1S/C15H17BrN2/c1-11-6-4-5-7-14(11)18(3)15-12(2)8-13(9-16)10-17-15/h4-8,10H,9H2,1-3H3. The Hall–Kier alpha value is -1.35. The second kappa shape index (κ2) is 5.53. The average Bonchev–Trinajstić information content (AvgIpc) is 2.38. The number of pyridine rings is 1. The molecule has 0 atom stereocenters. The van der Waals surface area contributed by atoms with Crippen molar-refractivity contribution in [3.63, 3.8) is 0 Å². The van der Waals surface area contributed by atoms with Gasteiger partial charge in [0.05, 0.1) is 0 Å². The summed E-state index contributed by atoms with van der Waals surface area (Å²) >= 11 is 3.46. The number of para-hydroxylation sites is 1. The van der Waals surface area contributed by atoms with Crippen molar-refractivity contribution in [2.75, 3.05) is 11.9 Å². The molecule has 0 saturated heterocycles. The minimum absolute atomic E-state index is 0.842. The minimum Gasteiger partial charge on any atom is -0.329 e. The Labute approximate surface area is 117 Å². The Morgan fingerprint density at radius 2 is 1.89 bits per heavy atom. The van der Waals surface area contributed by atoms with Gasteiger partial charge in [-0.2, -0.15) is 0 Å². The molecule has 0 aliphatic rings. The molecule has 94 valence electrons. The van der Waals surface area contributed by atoms with Crippen molar-refractivity contribution >= 4 is 27.4 Å². The van der Waals surface area contributed by atoms with Gasteiger partial charge in [-0.15, -0.1) is 0 Å². The fraction of sp³-hybridized carbons (Fsp3) is 0.267. The van der Waals surface area contributed by atoms with Crippen LogP contribution in [0.2, 0.25) is 0 Å². The van der Waals surface area contributed by atoms with E-state index in [1.807, 2.05) is 6.20 Å². The molecule has 18 heavy (non-hydrogen) atoms. The Morgan fingerprint density at radius 3 is 2.50 bits per heavy atom. The lowest BCUT2D eigenvalue weighted by Gasteiger charge is -2.22. The smallest absolute Gasteiger partial charge is 0.135 e. The SMILES string of the molecule is Cc1ccccc1N(C)c1ncc(CBr)cc1C. The molecule has 2 rings (SSSR count). The molecule has 0 aliphatic heterocycles. The van der Waals surface area contributed by atoms with Crippen LogP contribution in [0.1, 0.15) is 16.7 Å². The number of rotatable bonds is 3. The molecule has 1 heterocycles. The molecular weight excluding hydrogens is 288 g/mol. The van der Waals surface area contributed by atoms with Gasteiger partial charge in [0.25, 0.3) is 0 Å². The van der Waals surface area contributed by atoms with Crippen molar-refractivity contribution in [1.82, 2.24) is 4.98 Å². The number of aryl methyl sites for hydroxylation is 2. The van der Waals surface area contributed by atoms with E-state index in [2.05, 4.69) is 77.0 Å². The van der Waals surface area contributed by atoms with Gasteiger partial charge in [0.2, 0.25) is 0 Å². The molecule has 0 unspecified atom stereocenters. The third-order valence-corrected chi connectivity index (χ3v) is 3.70. The van der Waals surface area contributed by atoms with E-state index in [-0.39, 0.29) is 0 Å². The maximum atomic E-state index is 4.56. The summed E-state index contributed by atoms with van der Waals surface area (Å²) in [6.45, 7) is 4.22. The van der Waals surface area contributed by atoms with Crippen molar-refractivity contribution < 1.29 is 0 Å². The van der Waals surface area contributed by atoms with Crippen LogP contribution in [0.3, 0.4) is 0 Å². The van der Waals surface area contributed by atoms with Crippen LogP contribution < -0.4 is 4.90 Å². The molecule has 2 aromatic rings. The third-order valence-electron chi connectivity index (χ3n) is 3.06. The molecule has 0 fully saturated rings. The topological polar surface area (TPSA) is 16.1 Å². The summed E-state index contributed by atoms with van der Waals surface area (Å²) in [6, 6.07) is 10.5. The van der Waals surface area contributed by atoms with Crippen LogP contribution in [-0.2, 0) is 5.33 Å². The van der Waals surface area contributed by atoms with Gasteiger partial charge < -0.3 is 4.90 Å². The average molecular weight is 305 g/mol. The highest BCUT2D eigenvalue weighted by Gasteiger charge is 2.10. The predicted molar refractivity (Wildman–Crippen MR) is 80.8 cm³/mol.